The number of aliphatic hydroxyl groups is 1. The van der Waals surface area contributed by atoms with Crippen LogP contribution < -0.4 is 5.73 Å². The maximum atomic E-state index is 12.0. The highest BCUT2D eigenvalue weighted by Crippen LogP contribution is 2.38. The number of hydrogen-bond acceptors (Lipinski definition) is 3. The first-order valence-electron chi connectivity index (χ1n) is 6.23. The zero-order valence-corrected chi connectivity index (χ0v) is 10.1. The summed E-state index contributed by atoms with van der Waals surface area (Å²) in [4.78, 5) is 13.9. The van der Waals surface area contributed by atoms with Crippen molar-refractivity contribution in [2.75, 3.05) is 13.1 Å². The molecule has 4 atom stereocenters. The Labute approximate surface area is 96.8 Å². The predicted octanol–water partition coefficient (Wildman–Crippen LogP) is 0.199. The lowest BCUT2D eigenvalue weighted by molar-refractivity contribution is -0.132. The molecular formula is C12H22N2O2. The van der Waals surface area contributed by atoms with Crippen LogP contribution in [0.1, 0.15) is 26.7 Å². The summed E-state index contributed by atoms with van der Waals surface area (Å²) in [5, 5.41) is 9.78. The van der Waals surface area contributed by atoms with Crippen LogP contribution in [0.15, 0.2) is 0 Å². The van der Waals surface area contributed by atoms with Crippen molar-refractivity contribution in [3.63, 3.8) is 0 Å². The number of fused-ring (bicyclic) bond motifs is 1. The highest BCUT2D eigenvalue weighted by atomic mass is 16.3. The van der Waals surface area contributed by atoms with E-state index in [4.69, 9.17) is 5.73 Å². The molecular weight excluding hydrogens is 204 g/mol. The van der Waals surface area contributed by atoms with Gasteiger partial charge in [-0.1, -0.05) is 13.8 Å². The zero-order valence-electron chi connectivity index (χ0n) is 10.1. The lowest BCUT2D eigenvalue weighted by Crippen LogP contribution is -2.46. The largest absolute Gasteiger partial charge is 0.393 e. The van der Waals surface area contributed by atoms with Gasteiger partial charge in [0.15, 0.2) is 0 Å². The van der Waals surface area contributed by atoms with Crippen molar-refractivity contribution in [1.29, 1.82) is 0 Å². The van der Waals surface area contributed by atoms with E-state index < -0.39 is 6.04 Å². The zero-order chi connectivity index (χ0) is 11.9. The second-order valence-corrected chi connectivity index (χ2v) is 5.58. The maximum Gasteiger partial charge on any atom is 0.239 e. The number of hydrogen-bond donors (Lipinski definition) is 2. The van der Waals surface area contributed by atoms with Gasteiger partial charge in [-0.15, -0.1) is 0 Å². The summed E-state index contributed by atoms with van der Waals surface area (Å²) in [5.41, 5.74) is 5.87. The van der Waals surface area contributed by atoms with Gasteiger partial charge in [-0.25, -0.2) is 0 Å². The van der Waals surface area contributed by atoms with E-state index in [1.165, 1.54) is 0 Å². The van der Waals surface area contributed by atoms with Gasteiger partial charge in [0.1, 0.15) is 0 Å². The summed E-state index contributed by atoms with van der Waals surface area (Å²) in [5.74, 6) is 1.02. The third kappa shape index (κ3) is 1.96. The number of amides is 1. The molecule has 16 heavy (non-hydrogen) atoms. The molecule has 1 saturated heterocycles. The lowest BCUT2D eigenvalue weighted by atomic mass is 10.00. The van der Waals surface area contributed by atoms with E-state index in [2.05, 4.69) is 0 Å². The standard InChI is InChI=1S/C12H22N2O2/c1-7(2)11(13)12(16)14-5-8-3-4-10(15)9(8)6-14/h7-11,15H,3-6,13H2,1-2H3/t8?,9?,10?,11-/m1/s1. The molecule has 0 bridgehead atoms. The summed E-state index contributed by atoms with van der Waals surface area (Å²) in [6.07, 6.45) is 1.73. The molecule has 3 N–H and O–H groups in total. The molecule has 0 radical (unpaired) electrons. The van der Waals surface area contributed by atoms with Gasteiger partial charge in [-0.2, -0.15) is 0 Å². The van der Waals surface area contributed by atoms with E-state index in [1.807, 2.05) is 18.7 Å². The molecule has 1 aliphatic carbocycles. The number of rotatable bonds is 2. The number of carbonyl (C=O) groups is 1. The second kappa shape index (κ2) is 4.34. The molecule has 92 valence electrons. The van der Waals surface area contributed by atoms with E-state index in [-0.39, 0.29) is 17.9 Å². The Kier molecular flexibility index (Phi) is 3.22. The Morgan fingerprint density at radius 1 is 1.38 bits per heavy atom. The molecule has 1 amide bonds. The summed E-state index contributed by atoms with van der Waals surface area (Å²) in [6.45, 7) is 5.43. The first-order valence-corrected chi connectivity index (χ1v) is 6.23. The molecule has 2 rings (SSSR count). The van der Waals surface area contributed by atoms with Crippen molar-refractivity contribution in [3.8, 4) is 0 Å². The molecule has 4 nitrogen and oxygen atoms in total. The van der Waals surface area contributed by atoms with Crippen LogP contribution in [0.4, 0.5) is 0 Å². The number of nitrogens with zero attached hydrogens (tertiary/aromatic N) is 1. The quantitative estimate of drug-likeness (QED) is 0.707. The topological polar surface area (TPSA) is 66.6 Å². The summed E-state index contributed by atoms with van der Waals surface area (Å²) in [7, 11) is 0. The maximum absolute atomic E-state index is 12.0. The minimum absolute atomic E-state index is 0.0524. The highest BCUT2D eigenvalue weighted by molar-refractivity contribution is 5.82. The SMILES string of the molecule is CC(C)[C@@H](N)C(=O)N1CC2CCC(O)C2C1. The van der Waals surface area contributed by atoms with E-state index in [1.54, 1.807) is 0 Å². The van der Waals surface area contributed by atoms with Gasteiger partial charge in [0.25, 0.3) is 0 Å². The average Bonchev–Trinajstić information content (AvgIpc) is 2.79. The van der Waals surface area contributed by atoms with E-state index in [0.29, 0.717) is 18.4 Å². The van der Waals surface area contributed by atoms with Crippen LogP contribution in [0.3, 0.4) is 0 Å². The van der Waals surface area contributed by atoms with Crippen LogP contribution >= 0.6 is 0 Å². The second-order valence-electron chi connectivity index (χ2n) is 5.58. The van der Waals surface area contributed by atoms with Crippen LogP contribution in [0, 0.1) is 17.8 Å². The number of nitrogens with two attached hydrogens (primary N) is 1. The fourth-order valence-corrected chi connectivity index (χ4v) is 2.91. The third-order valence-corrected chi connectivity index (χ3v) is 4.13. The molecule has 4 heteroatoms. The van der Waals surface area contributed by atoms with Gasteiger partial charge in [0, 0.05) is 19.0 Å². The molecule has 0 aromatic rings. The molecule has 0 aromatic carbocycles. The van der Waals surface area contributed by atoms with Crippen LogP contribution in [0.2, 0.25) is 0 Å². The van der Waals surface area contributed by atoms with Crippen LogP contribution in [-0.4, -0.2) is 41.1 Å². The Morgan fingerprint density at radius 3 is 2.62 bits per heavy atom. The third-order valence-electron chi connectivity index (χ3n) is 4.13. The summed E-state index contributed by atoms with van der Waals surface area (Å²) < 4.78 is 0. The Morgan fingerprint density at radius 2 is 2.06 bits per heavy atom. The van der Waals surface area contributed by atoms with Gasteiger partial charge >= 0.3 is 0 Å². The normalized spacial score (nSPS) is 35.6. The smallest absolute Gasteiger partial charge is 0.239 e. The van der Waals surface area contributed by atoms with Gasteiger partial charge in [0.05, 0.1) is 12.1 Å². The van der Waals surface area contributed by atoms with Crippen molar-refractivity contribution in [1.82, 2.24) is 4.90 Å². The molecule has 1 heterocycles. The summed E-state index contributed by atoms with van der Waals surface area (Å²) in [6, 6.07) is -0.393. The fraction of sp³-hybridized carbons (Fsp3) is 0.917. The van der Waals surface area contributed by atoms with E-state index in [9.17, 15) is 9.90 Å². The van der Waals surface area contributed by atoms with E-state index in [0.717, 1.165) is 19.4 Å². The highest BCUT2D eigenvalue weighted by Gasteiger charge is 2.44. The predicted molar refractivity (Wildman–Crippen MR) is 61.6 cm³/mol. The number of carbonyl (C=O) groups excluding carboxylic acids is 1. The molecule has 2 fully saturated rings. The molecule has 0 spiro atoms. The lowest BCUT2D eigenvalue weighted by Gasteiger charge is -2.24. The van der Waals surface area contributed by atoms with Gasteiger partial charge in [0.2, 0.25) is 5.91 Å². The van der Waals surface area contributed by atoms with Gasteiger partial charge < -0.3 is 15.7 Å². The molecule has 3 unspecified atom stereocenters. The minimum atomic E-state index is -0.393. The van der Waals surface area contributed by atoms with Crippen molar-refractivity contribution in [3.05, 3.63) is 0 Å². The van der Waals surface area contributed by atoms with Crippen molar-refractivity contribution in [2.45, 2.75) is 38.8 Å². The van der Waals surface area contributed by atoms with E-state index >= 15 is 0 Å². The Hall–Kier alpha value is -0.610. The Balaban J connectivity index is 1.96. The first kappa shape index (κ1) is 11.9. The minimum Gasteiger partial charge on any atom is -0.393 e. The van der Waals surface area contributed by atoms with Crippen LogP contribution in [0.5, 0.6) is 0 Å². The molecule has 1 saturated carbocycles. The summed E-state index contributed by atoms with van der Waals surface area (Å²) >= 11 is 0. The Bertz CT molecular complexity index is 280. The van der Waals surface area contributed by atoms with Crippen LogP contribution in [-0.2, 0) is 4.79 Å². The molecule has 0 aromatic heterocycles. The average molecular weight is 226 g/mol. The monoisotopic (exact) mass is 226 g/mol. The van der Waals surface area contributed by atoms with Crippen molar-refractivity contribution < 1.29 is 9.90 Å². The van der Waals surface area contributed by atoms with Crippen molar-refractivity contribution in [2.24, 2.45) is 23.5 Å². The van der Waals surface area contributed by atoms with Gasteiger partial charge in [-0.05, 0) is 24.7 Å². The first-order chi connectivity index (χ1) is 7.50. The number of aliphatic hydroxyl groups excluding tert-OH is 1. The van der Waals surface area contributed by atoms with Crippen molar-refractivity contribution >= 4 is 5.91 Å². The fourth-order valence-electron chi connectivity index (χ4n) is 2.91. The molecule has 1 aliphatic heterocycles. The number of likely N-dealkylation sites (tertiary alicyclic amines) is 1. The van der Waals surface area contributed by atoms with Crippen LogP contribution in [0.25, 0.3) is 0 Å². The van der Waals surface area contributed by atoms with Gasteiger partial charge in [-0.3, -0.25) is 4.79 Å². The molecule has 2 aliphatic rings.